The summed E-state index contributed by atoms with van der Waals surface area (Å²) in [7, 11) is 0. The molecule has 0 aliphatic carbocycles. The van der Waals surface area contributed by atoms with Gasteiger partial charge in [0.2, 0.25) is 5.91 Å². The molecule has 3 heterocycles. The number of fused-ring (bicyclic) bond motifs is 2. The number of amides is 4. The summed E-state index contributed by atoms with van der Waals surface area (Å²) in [4.78, 5) is 54.5. The summed E-state index contributed by atoms with van der Waals surface area (Å²) in [6, 6.07) is 18.7. The van der Waals surface area contributed by atoms with Crippen LogP contribution in [0, 0.1) is 0 Å². The fourth-order valence-corrected chi connectivity index (χ4v) is 5.60. The highest BCUT2D eigenvalue weighted by Crippen LogP contribution is 2.31. The van der Waals surface area contributed by atoms with E-state index in [1.807, 2.05) is 42.5 Å². The lowest BCUT2D eigenvalue weighted by Crippen LogP contribution is -2.45. The molecule has 3 N–H and O–H groups in total. The number of imide groups is 1. The van der Waals surface area contributed by atoms with E-state index < -0.39 is 29.6 Å². The van der Waals surface area contributed by atoms with Crippen LogP contribution in [0.4, 0.5) is 10.5 Å². The van der Waals surface area contributed by atoms with Crippen LogP contribution >= 0.6 is 11.3 Å². The van der Waals surface area contributed by atoms with Crippen molar-refractivity contribution in [1.29, 1.82) is 0 Å². The molecule has 200 valence electrons. The van der Waals surface area contributed by atoms with E-state index in [1.54, 1.807) is 42.5 Å². The van der Waals surface area contributed by atoms with Gasteiger partial charge in [0.25, 0.3) is 11.5 Å². The second kappa shape index (κ2) is 10.3. The molecule has 1 aliphatic rings. The first-order valence-corrected chi connectivity index (χ1v) is 13.4. The summed E-state index contributed by atoms with van der Waals surface area (Å²) >= 11 is 1.58. The Balaban J connectivity index is 1.18. The Morgan fingerprint density at radius 2 is 1.90 bits per heavy atom. The molecule has 6 rings (SSSR count). The van der Waals surface area contributed by atoms with Crippen molar-refractivity contribution in [3.8, 4) is 10.6 Å². The Morgan fingerprint density at radius 3 is 2.73 bits per heavy atom. The second-order valence-electron chi connectivity index (χ2n) is 9.47. The fraction of sp³-hybridized carbons (Fsp3) is 0.179. The normalized spacial score (nSPS) is 16.1. The van der Waals surface area contributed by atoms with E-state index in [4.69, 9.17) is 0 Å². The van der Waals surface area contributed by atoms with Crippen LogP contribution in [-0.4, -0.2) is 37.8 Å². The minimum absolute atomic E-state index is 0.113. The lowest BCUT2D eigenvalue weighted by molar-refractivity contribution is -0.136. The number of para-hydroxylation sites is 1. The lowest BCUT2D eigenvalue weighted by atomic mass is 10.0. The van der Waals surface area contributed by atoms with Crippen molar-refractivity contribution in [3.05, 3.63) is 82.6 Å². The van der Waals surface area contributed by atoms with Crippen molar-refractivity contribution in [2.24, 2.45) is 0 Å². The molecular weight excluding hydrogens is 530 g/mol. The summed E-state index contributed by atoms with van der Waals surface area (Å²) in [6.45, 7) is 1.80. The highest BCUT2D eigenvalue weighted by atomic mass is 32.1. The molecule has 11 nitrogen and oxygen atoms in total. The quantitative estimate of drug-likeness (QED) is 0.279. The molecule has 2 unspecified atom stereocenters. The average Bonchev–Trinajstić information content (AvgIpc) is 3.38. The van der Waals surface area contributed by atoms with Crippen molar-refractivity contribution in [2.75, 3.05) is 5.32 Å². The summed E-state index contributed by atoms with van der Waals surface area (Å²) < 4.78 is 2.10. The van der Waals surface area contributed by atoms with Crippen molar-refractivity contribution < 1.29 is 14.4 Å². The van der Waals surface area contributed by atoms with Crippen molar-refractivity contribution in [1.82, 2.24) is 30.6 Å². The monoisotopic (exact) mass is 553 g/mol. The number of aromatic nitrogens is 4. The van der Waals surface area contributed by atoms with Crippen molar-refractivity contribution in [3.63, 3.8) is 0 Å². The fourth-order valence-electron chi connectivity index (χ4n) is 4.63. The maximum Gasteiger partial charge on any atom is 0.319 e. The number of rotatable bonds is 5. The third-order valence-corrected chi connectivity index (χ3v) is 7.81. The van der Waals surface area contributed by atoms with Crippen LogP contribution in [0.15, 0.2) is 71.5 Å². The molecule has 2 atom stereocenters. The van der Waals surface area contributed by atoms with Gasteiger partial charge in [0.15, 0.2) is 0 Å². The molecule has 1 fully saturated rings. The first-order valence-electron chi connectivity index (χ1n) is 12.6. The SMILES string of the molecule is CC(NC(=O)Nc1cccc(-c2nc3ccccc3s2)c1)c1ccc2nnn(C3CCC(=O)NC3=O)c(=O)c2c1. The van der Waals surface area contributed by atoms with Gasteiger partial charge in [0, 0.05) is 17.7 Å². The molecule has 2 aromatic heterocycles. The van der Waals surface area contributed by atoms with E-state index in [-0.39, 0.29) is 24.1 Å². The molecule has 0 bridgehead atoms. The highest BCUT2D eigenvalue weighted by molar-refractivity contribution is 7.21. The smallest absolute Gasteiger partial charge is 0.319 e. The van der Waals surface area contributed by atoms with Gasteiger partial charge in [-0.1, -0.05) is 35.5 Å². The Labute approximate surface area is 231 Å². The third kappa shape index (κ3) is 4.92. The first-order chi connectivity index (χ1) is 19.4. The minimum atomic E-state index is -0.911. The average molecular weight is 554 g/mol. The molecule has 0 radical (unpaired) electrons. The number of nitrogens with one attached hydrogen (secondary N) is 3. The Bertz CT molecular complexity index is 1830. The van der Waals surface area contributed by atoms with E-state index in [0.717, 1.165) is 25.5 Å². The number of benzene rings is 3. The maximum absolute atomic E-state index is 13.2. The topological polar surface area (TPSA) is 148 Å². The standard InChI is InChI=1S/C28H23N7O4S/c1-15(16-9-10-20-19(14-16)27(38)35(34-33-20)22-11-12-24(36)32-25(22)37)29-28(39)30-18-6-4-5-17(13-18)26-31-21-7-2-3-8-23(21)40-26/h2-10,13-15,22H,11-12H2,1H3,(H2,29,30,39)(H,32,36,37). The van der Waals surface area contributed by atoms with Gasteiger partial charge in [-0.2, -0.15) is 4.68 Å². The molecule has 3 aromatic carbocycles. The number of carbonyl (C=O) groups is 3. The van der Waals surface area contributed by atoms with Crippen LogP contribution in [0.1, 0.15) is 37.4 Å². The second-order valence-corrected chi connectivity index (χ2v) is 10.5. The summed E-state index contributed by atoms with van der Waals surface area (Å²) in [6.07, 6.45) is 0.283. The van der Waals surface area contributed by atoms with Gasteiger partial charge in [0.1, 0.15) is 16.6 Å². The number of nitrogens with zero attached hydrogens (tertiary/aromatic N) is 4. The van der Waals surface area contributed by atoms with Gasteiger partial charge in [-0.3, -0.25) is 19.7 Å². The third-order valence-electron chi connectivity index (χ3n) is 6.72. The van der Waals surface area contributed by atoms with Crippen LogP contribution < -0.4 is 21.5 Å². The zero-order chi connectivity index (χ0) is 27.8. The molecule has 40 heavy (non-hydrogen) atoms. The largest absolute Gasteiger partial charge is 0.331 e. The molecule has 12 heteroatoms. The van der Waals surface area contributed by atoms with E-state index >= 15 is 0 Å². The molecule has 1 aliphatic heterocycles. The minimum Gasteiger partial charge on any atom is -0.331 e. The highest BCUT2D eigenvalue weighted by Gasteiger charge is 2.30. The molecule has 4 amide bonds. The Kier molecular flexibility index (Phi) is 6.52. The number of piperidine rings is 1. The Hall–Kier alpha value is -4.97. The predicted molar refractivity (Wildman–Crippen MR) is 151 cm³/mol. The van der Waals surface area contributed by atoms with Gasteiger partial charge in [0.05, 0.1) is 21.6 Å². The molecule has 5 aromatic rings. The van der Waals surface area contributed by atoms with Crippen molar-refractivity contribution in [2.45, 2.75) is 31.8 Å². The van der Waals surface area contributed by atoms with Gasteiger partial charge >= 0.3 is 6.03 Å². The van der Waals surface area contributed by atoms with Gasteiger partial charge in [-0.25, -0.2) is 9.78 Å². The lowest BCUT2D eigenvalue weighted by Gasteiger charge is -2.21. The summed E-state index contributed by atoms with van der Waals surface area (Å²) in [5.74, 6) is -0.964. The van der Waals surface area contributed by atoms with Gasteiger partial charge in [-0.05, 0) is 55.3 Å². The number of hydrogen-bond acceptors (Lipinski definition) is 8. The van der Waals surface area contributed by atoms with Crippen LogP contribution in [0.3, 0.4) is 0 Å². The summed E-state index contributed by atoms with van der Waals surface area (Å²) in [5, 5.41) is 17.1. The maximum atomic E-state index is 13.2. The van der Waals surface area contributed by atoms with Crippen LogP contribution in [0.2, 0.25) is 0 Å². The molecule has 0 saturated carbocycles. The van der Waals surface area contributed by atoms with Gasteiger partial charge < -0.3 is 10.6 Å². The number of anilines is 1. The number of hydrogen-bond donors (Lipinski definition) is 3. The van der Waals surface area contributed by atoms with Crippen LogP contribution in [0.5, 0.6) is 0 Å². The summed E-state index contributed by atoms with van der Waals surface area (Å²) in [5.41, 5.74) is 2.98. The number of urea groups is 1. The zero-order valence-electron chi connectivity index (χ0n) is 21.2. The van der Waals surface area contributed by atoms with E-state index in [0.29, 0.717) is 16.8 Å². The van der Waals surface area contributed by atoms with E-state index in [1.165, 1.54) is 0 Å². The first kappa shape index (κ1) is 25.3. The van der Waals surface area contributed by atoms with Crippen molar-refractivity contribution >= 4 is 56.0 Å². The zero-order valence-corrected chi connectivity index (χ0v) is 22.1. The van der Waals surface area contributed by atoms with Crippen LogP contribution in [-0.2, 0) is 9.59 Å². The van der Waals surface area contributed by atoms with Crippen LogP contribution in [0.25, 0.3) is 31.7 Å². The number of thiazole rings is 1. The predicted octanol–water partition coefficient (Wildman–Crippen LogP) is 3.93. The number of carbonyl (C=O) groups excluding carboxylic acids is 3. The van der Waals surface area contributed by atoms with E-state index in [9.17, 15) is 19.2 Å². The molecular formula is C28H23N7O4S. The molecule has 0 spiro atoms. The molecule has 1 saturated heterocycles. The van der Waals surface area contributed by atoms with E-state index in [2.05, 4.69) is 31.2 Å². The van der Waals surface area contributed by atoms with Gasteiger partial charge in [-0.15, -0.1) is 16.4 Å². The Morgan fingerprint density at radius 1 is 1.05 bits per heavy atom.